The second-order valence-electron chi connectivity index (χ2n) is 4.28. The monoisotopic (exact) mass is 302 g/mol. The molecule has 88 valence electrons. The van der Waals surface area contributed by atoms with E-state index >= 15 is 0 Å². The molecule has 1 saturated heterocycles. The van der Waals surface area contributed by atoms with Gasteiger partial charge in [-0.15, -0.1) is 11.6 Å². The van der Waals surface area contributed by atoms with E-state index in [1.165, 1.54) is 12.8 Å². The maximum atomic E-state index is 5.97. The van der Waals surface area contributed by atoms with Gasteiger partial charge < -0.3 is 4.90 Å². The van der Waals surface area contributed by atoms with Crippen LogP contribution in [0.15, 0.2) is 16.7 Å². The van der Waals surface area contributed by atoms with Crippen LogP contribution < -0.4 is 4.90 Å². The van der Waals surface area contributed by atoms with Crippen molar-refractivity contribution in [2.45, 2.75) is 25.6 Å². The van der Waals surface area contributed by atoms with Crippen molar-refractivity contribution in [1.82, 2.24) is 4.98 Å². The van der Waals surface area contributed by atoms with Crippen LogP contribution >= 0.6 is 27.5 Å². The molecule has 1 aliphatic heterocycles. The first-order valence-electron chi connectivity index (χ1n) is 5.70. The molecule has 2 nitrogen and oxygen atoms in total. The molecule has 0 radical (unpaired) electrons. The average Bonchev–Trinajstić information content (AvgIpc) is 2.77. The smallest absolute Gasteiger partial charge is 0.133 e. The largest absolute Gasteiger partial charge is 0.356 e. The van der Waals surface area contributed by atoms with Crippen LogP contribution in [0.3, 0.4) is 0 Å². The number of anilines is 1. The van der Waals surface area contributed by atoms with Crippen LogP contribution in [-0.2, 0) is 5.88 Å². The van der Waals surface area contributed by atoms with Crippen LogP contribution in [0.1, 0.15) is 25.3 Å². The van der Waals surface area contributed by atoms with Crippen molar-refractivity contribution >= 4 is 33.3 Å². The first-order valence-corrected chi connectivity index (χ1v) is 7.02. The molecule has 0 aliphatic carbocycles. The molecule has 0 aromatic carbocycles. The minimum Gasteiger partial charge on any atom is -0.356 e. The quantitative estimate of drug-likeness (QED) is 0.789. The second kappa shape index (κ2) is 5.37. The zero-order valence-electron chi connectivity index (χ0n) is 9.42. The van der Waals surface area contributed by atoms with E-state index in [4.69, 9.17) is 11.6 Å². The van der Waals surface area contributed by atoms with Gasteiger partial charge in [-0.05, 0) is 34.3 Å². The first kappa shape index (κ1) is 12.2. The van der Waals surface area contributed by atoms with E-state index in [9.17, 15) is 0 Å². The molecule has 4 heteroatoms. The molecule has 0 bridgehead atoms. The second-order valence-corrected chi connectivity index (χ2v) is 5.46. The van der Waals surface area contributed by atoms with Crippen molar-refractivity contribution in [2.75, 3.05) is 18.0 Å². The van der Waals surface area contributed by atoms with Gasteiger partial charge in [-0.3, -0.25) is 0 Å². The lowest BCUT2D eigenvalue weighted by molar-refractivity contribution is 0.568. The van der Waals surface area contributed by atoms with E-state index in [-0.39, 0.29) is 0 Å². The minimum atomic E-state index is 0.523. The van der Waals surface area contributed by atoms with Gasteiger partial charge in [0.25, 0.3) is 0 Å². The summed E-state index contributed by atoms with van der Waals surface area (Å²) in [5, 5.41) is 0. The van der Waals surface area contributed by atoms with Gasteiger partial charge in [-0.25, -0.2) is 4.98 Å². The van der Waals surface area contributed by atoms with Crippen molar-refractivity contribution in [3.05, 3.63) is 22.3 Å². The Hall–Kier alpha value is -0.280. The Morgan fingerprint density at radius 1 is 1.62 bits per heavy atom. The lowest BCUT2D eigenvalue weighted by Gasteiger charge is -2.20. The topological polar surface area (TPSA) is 16.1 Å². The molecule has 0 saturated carbocycles. The fourth-order valence-electron chi connectivity index (χ4n) is 2.22. The standard InChI is InChI=1S/C12H16BrClN2/c1-2-9-3-4-16(8-9)12-10(6-14)5-11(13)7-15-12/h5,7,9H,2-4,6,8H2,1H3. The van der Waals surface area contributed by atoms with Gasteiger partial charge in [-0.2, -0.15) is 0 Å². The summed E-state index contributed by atoms with van der Waals surface area (Å²) in [7, 11) is 0. The van der Waals surface area contributed by atoms with Crippen molar-refractivity contribution in [2.24, 2.45) is 5.92 Å². The summed E-state index contributed by atoms with van der Waals surface area (Å²) in [5.41, 5.74) is 1.12. The van der Waals surface area contributed by atoms with Gasteiger partial charge in [0.2, 0.25) is 0 Å². The number of aromatic nitrogens is 1. The van der Waals surface area contributed by atoms with Crippen LogP contribution in [0, 0.1) is 5.92 Å². The summed E-state index contributed by atoms with van der Waals surface area (Å²) < 4.78 is 0.998. The molecule has 1 aromatic heterocycles. The summed E-state index contributed by atoms with van der Waals surface area (Å²) in [6.45, 7) is 4.48. The molecule has 1 atom stereocenters. The predicted octanol–water partition coefficient (Wildman–Crippen LogP) is 3.82. The Morgan fingerprint density at radius 2 is 2.44 bits per heavy atom. The van der Waals surface area contributed by atoms with Crippen LogP contribution in [0.4, 0.5) is 5.82 Å². The number of pyridine rings is 1. The van der Waals surface area contributed by atoms with E-state index in [1.807, 2.05) is 6.20 Å². The zero-order chi connectivity index (χ0) is 11.5. The maximum Gasteiger partial charge on any atom is 0.133 e. The summed E-state index contributed by atoms with van der Waals surface area (Å²) in [5.74, 6) is 2.40. The molecule has 0 spiro atoms. The fraction of sp³-hybridized carbons (Fsp3) is 0.583. The summed E-state index contributed by atoms with van der Waals surface area (Å²) in [6.07, 6.45) is 4.38. The molecule has 0 N–H and O–H groups in total. The summed E-state index contributed by atoms with van der Waals surface area (Å²) >= 11 is 9.40. The highest BCUT2D eigenvalue weighted by molar-refractivity contribution is 9.10. The molecule has 16 heavy (non-hydrogen) atoms. The van der Waals surface area contributed by atoms with E-state index in [0.717, 1.165) is 34.9 Å². The van der Waals surface area contributed by atoms with Gasteiger partial charge in [-0.1, -0.05) is 13.3 Å². The molecule has 1 aliphatic rings. The molecule has 1 fully saturated rings. The number of hydrogen-bond donors (Lipinski definition) is 0. The van der Waals surface area contributed by atoms with Gasteiger partial charge >= 0.3 is 0 Å². The fourth-order valence-corrected chi connectivity index (χ4v) is 2.79. The number of hydrogen-bond acceptors (Lipinski definition) is 2. The zero-order valence-corrected chi connectivity index (χ0v) is 11.8. The van der Waals surface area contributed by atoms with Crippen LogP contribution in [0.25, 0.3) is 0 Å². The van der Waals surface area contributed by atoms with Crippen molar-refractivity contribution < 1.29 is 0 Å². The van der Waals surface area contributed by atoms with Gasteiger partial charge in [0.15, 0.2) is 0 Å². The average molecular weight is 304 g/mol. The number of nitrogens with zero attached hydrogens (tertiary/aromatic N) is 2. The van der Waals surface area contributed by atoms with Crippen LogP contribution in [0.2, 0.25) is 0 Å². The molecular formula is C12H16BrClN2. The van der Waals surface area contributed by atoms with Gasteiger partial charge in [0, 0.05) is 29.3 Å². The lowest BCUT2D eigenvalue weighted by Crippen LogP contribution is -2.22. The Labute approximate surface area is 110 Å². The molecule has 0 amide bonds. The Bertz CT molecular complexity index is 370. The maximum absolute atomic E-state index is 5.97. The summed E-state index contributed by atoms with van der Waals surface area (Å²) in [6, 6.07) is 2.06. The predicted molar refractivity (Wildman–Crippen MR) is 72.1 cm³/mol. The Kier molecular flexibility index (Phi) is 4.09. The minimum absolute atomic E-state index is 0.523. The molecule has 1 unspecified atom stereocenters. The third-order valence-electron chi connectivity index (χ3n) is 3.22. The first-order chi connectivity index (χ1) is 7.74. The van der Waals surface area contributed by atoms with Gasteiger partial charge in [0.05, 0.1) is 5.88 Å². The normalized spacial score (nSPS) is 20.4. The third-order valence-corrected chi connectivity index (χ3v) is 3.94. The van der Waals surface area contributed by atoms with Crippen LogP contribution in [-0.4, -0.2) is 18.1 Å². The highest BCUT2D eigenvalue weighted by atomic mass is 79.9. The van der Waals surface area contributed by atoms with Gasteiger partial charge in [0.1, 0.15) is 5.82 Å². The molecule has 1 aromatic rings. The van der Waals surface area contributed by atoms with Crippen molar-refractivity contribution in [3.63, 3.8) is 0 Å². The van der Waals surface area contributed by atoms with E-state index in [2.05, 4.69) is 38.8 Å². The third kappa shape index (κ3) is 2.51. The van der Waals surface area contributed by atoms with Crippen LogP contribution in [0.5, 0.6) is 0 Å². The van der Waals surface area contributed by atoms with Crippen molar-refractivity contribution in [1.29, 1.82) is 0 Å². The molecule has 2 heterocycles. The SMILES string of the molecule is CCC1CCN(c2ncc(Br)cc2CCl)C1. The Morgan fingerprint density at radius 3 is 3.06 bits per heavy atom. The Balaban J connectivity index is 2.20. The highest BCUT2D eigenvalue weighted by Gasteiger charge is 2.23. The molecular weight excluding hydrogens is 288 g/mol. The van der Waals surface area contributed by atoms with Crippen molar-refractivity contribution in [3.8, 4) is 0 Å². The lowest BCUT2D eigenvalue weighted by atomic mass is 10.1. The number of alkyl halides is 1. The van der Waals surface area contributed by atoms with E-state index in [1.54, 1.807) is 0 Å². The number of halogens is 2. The van der Waals surface area contributed by atoms with E-state index < -0.39 is 0 Å². The summed E-state index contributed by atoms with van der Waals surface area (Å²) in [4.78, 5) is 6.85. The molecule has 2 rings (SSSR count). The number of rotatable bonds is 3. The highest BCUT2D eigenvalue weighted by Crippen LogP contribution is 2.28. The van der Waals surface area contributed by atoms with E-state index in [0.29, 0.717) is 5.88 Å².